The highest BCUT2D eigenvalue weighted by atomic mass is 79.9. The van der Waals surface area contributed by atoms with Crippen LogP contribution in [0.1, 0.15) is 19.4 Å². The molecule has 0 bridgehead atoms. The van der Waals surface area contributed by atoms with E-state index in [0.717, 1.165) is 10.8 Å². The molecule has 1 aromatic carbocycles. The van der Waals surface area contributed by atoms with Gasteiger partial charge in [0.15, 0.2) is 32.2 Å². The summed E-state index contributed by atoms with van der Waals surface area (Å²) in [4.78, 5) is 13.2. The van der Waals surface area contributed by atoms with Crippen molar-refractivity contribution in [1.82, 2.24) is 15.0 Å². The smallest absolute Gasteiger partial charge is 0.191 e. The molecule has 0 aliphatic carbocycles. The van der Waals surface area contributed by atoms with Gasteiger partial charge in [-0.15, -0.1) is 11.3 Å². The molecule has 2 heterocycles. The number of hydrogen-bond acceptors (Lipinski definition) is 7. The summed E-state index contributed by atoms with van der Waals surface area (Å²) < 4.78 is 28.6. The Kier molecular flexibility index (Phi) is 5.75. The van der Waals surface area contributed by atoms with Gasteiger partial charge < -0.3 is 10.4 Å². The molecule has 0 saturated heterocycles. The first kappa shape index (κ1) is 19.4. The standard InChI is InChI=1S/C16H15BrF2N4OS2/c1-16(2,7-24)23-13-11-12(20-14(17)26-11)21-15(22-13)25-6-8-4-3-5-9(18)10(8)19/h3-5,24H,6-7H2,1-2H3,(H,21,22,23). The number of rotatable bonds is 6. The highest BCUT2D eigenvalue weighted by Gasteiger charge is 2.21. The zero-order valence-electron chi connectivity index (χ0n) is 13.9. The van der Waals surface area contributed by atoms with Crippen LogP contribution in [0.25, 0.3) is 10.3 Å². The zero-order valence-corrected chi connectivity index (χ0v) is 17.1. The molecule has 138 valence electrons. The predicted molar refractivity (Wildman–Crippen MR) is 104 cm³/mol. The van der Waals surface area contributed by atoms with Crippen molar-refractivity contribution in [3.63, 3.8) is 0 Å². The molecule has 5 nitrogen and oxygen atoms in total. The topological polar surface area (TPSA) is 70.9 Å². The second kappa shape index (κ2) is 7.71. The molecule has 0 saturated carbocycles. The number of hydrogen-bond donors (Lipinski definition) is 2. The minimum absolute atomic E-state index is 0.0878. The van der Waals surface area contributed by atoms with Crippen molar-refractivity contribution >= 4 is 55.2 Å². The molecule has 3 rings (SSSR count). The maximum atomic E-state index is 13.8. The molecule has 0 fully saturated rings. The van der Waals surface area contributed by atoms with Crippen LogP contribution in [0.15, 0.2) is 27.3 Å². The first-order chi connectivity index (χ1) is 12.3. The molecular weight excluding hydrogens is 446 g/mol. The second-order valence-corrected chi connectivity index (χ2v) is 9.36. The van der Waals surface area contributed by atoms with Gasteiger partial charge in [0, 0.05) is 11.3 Å². The number of halogens is 3. The van der Waals surface area contributed by atoms with Crippen molar-refractivity contribution < 1.29 is 13.9 Å². The fourth-order valence-corrected chi connectivity index (χ4v) is 4.23. The average Bonchev–Trinajstić information content (AvgIpc) is 2.96. The van der Waals surface area contributed by atoms with E-state index in [-0.39, 0.29) is 17.9 Å². The fourth-order valence-electron chi connectivity index (χ4n) is 2.09. The summed E-state index contributed by atoms with van der Waals surface area (Å²) in [5.41, 5.74) is 0.146. The lowest BCUT2D eigenvalue weighted by molar-refractivity contribution is 0.234. The highest BCUT2D eigenvalue weighted by molar-refractivity contribution is 9.11. The molecule has 10 heteroatoms. The van der Waals surface area contributed by atoms with Gasteiger partial charge in [-0.25, -0.2) is 23.7 Å². The van der Waals surface area contributed by atoms with Crippen LogP contribution in [-0.4, -0.2) is 32.2 Å². The molecule has 0 atom stereocenters. The summed E-state index contributed by atoms with van der Waals surface area (Å²) in [6, 6.07) is 4.07. The van der Waals surface area contributed by atoms with Crippen LogP contribution in [0.5, 0.6) is 0 Å². The normalized spacial score (nSPS) is 11.9. The Morgan fingerprint density at radius 3 is 2.77 bits per heavy atom. The Bertz CT molecular complexity index is 951. The van der Waals surface area contributed by atoms with Gasteiger partial charge >= 0.3 is 0 Å². The number of nitrogens with one attached hydrogen (secondary N) is 1. The summed E-state index contributed by atoms with van der Waals surface area (Å²) in [6.45, 7) is 3.59. The quantitative estimate of drug-likeness (QED) is 0.413. The first-order valence-corrected chi connectivity index (χ1v) is 10.2. The molecule has 2 aromatic heterocycles. The predicted octanol–water partition coefficient (Wildman–Crippen LogP) is 4.60. The number of aliphatic hydroxyl groups is 1. The van der Waals surface area contributed by atoms with Crippen molar-refractivity contribution in [3.8, 4) is 0 Å². The molecule has 0 radical (unpaired) electrons. The van der Waals surface area contributed by atoms with E-state index in [9.17, 15) is 13.9 Å². The van der Waals surface area contributed by atoms with E-state index in [4.69, 9.17) is 0 Å². The summed E-state index contributed by atoms with van der Waals surface area (Å²) in [6.07, 6.45) is 0. The van der Waals surface area contributed by atoms with Crippen molar-refractivity contribution in [3.05, 3.63) is 39.3 Å². The molecule has 0 spiro atoms. The summed E-state index contributed by atoms with van der Waals surface area (Å²) in [5, 5.41) is 13.1. The molecule has 3 aromatic rings. The molecule has 0 amide bonds. The number of anilines is 1. The lowest BCUT2D eigenvalue weighted by atomic mass is 10.1. The van der Waals surface area contributed by atoms with Crippen LogP contribution < -0.4 is 5.32 Å². The third-order valence-electron chi connectivity index (χ3n) is 3.45. The van der Waals surface area contributed by atoms with Gasteiger partial charge in [-0.1, -0.05) is 23.9 Å². The van der Waals surface area contributed by atoms with Crippen molar-refractivity contribution in [2.24, 2.45) is 0 Å². The number of nitrogens with zero attached hydrogens (tertiary/aromatic N) is 3. The van der Waals surface area contributed by atoms with Gasteiger partial charge in [0.25, 0.3) is 0 Å². The van der Waals surface area contributed by atoms with Gasteiger partial charge in [-0.2, -0.15) is 0 Å². The maximum Gasteiger partial charge on any atom is 0.191 e. The summed E-state index contributed by atoms with van der Waals surface area (Å²) in [7, 11) is 0. The van der Waals surface area contributed by atoms with E-state index in [1.54, 1.807) is 0 Å². The van der Waals surface area contributed by atoms with Gasteiger partial charge in [0.1, 0.15) is 4.70 Å². The maximum absolute atomic E-state index is 13.8. The van der Waals surface area contributed by atoms with Gasteiger partial charge in [-0.3, -0.25) is 0 Å². The Hall–Kier alpha value is -1.36. The first-order valence-electron chi connectivity index (χ1n) is 7.58. The van der Waals surface area contributed by atoms with Crippen LogP contribution in [0.3, 0.4) is 0 Å². The molecule has 0 aliphatic rings. The van der Waals surface area contributed by atoms with E-state index in [0.29, 0.717) is 20.5 Å². The highest BCUT2D eigenvalue weighted by Crippen LogP contribution is 2.34. The zero-order chi connectivity index (χ0) is 18.9. The second-order valence-electron chi connectivity index (χ2n) is 6.14. The minimum Gasteiger partial charge on any atom is -0.394 e. The van der Waals surface area contributed by atoms with Crippen LogP contribution >= 0.6 is 39.0 Å². The SMILES string of the molecule is CC(C)(CO)Nc1nc(SCc2cccc(F)c2F)nc2nc(Br)sc12. The fraction of sp³-hybridized carbons (Fsp3) is 0.312. The number of thiazole rings is 1. The van der Waals surface area contributed by atoms with E-state index >= 15 is 0 Å². The summed E-state index contributed by atoms with van der Waals surface area (Å²) in [5.74, 6) is -1.02. The van der Waals surface area contributed by atoms with E-state index in [2.05, 4.69) is 36.2 Å². The molecule has 0 unspecified atom stereocenters. The number of aromatic nitrogens is 3. The average molecular weight is 461 g/mol. The van der Waals surface area contributed by atoms with Gasteiger partial charge in [-0.05, 0) is 35.8 Å². The van der Waals surface area contributed by atoms with Crippen LogP contribution in [-0.2, 0) is 5.75 Å². The lowest BCUT2D eigenvalue weighted by Crippen LogP contribution is -2.35. The third-order valence-corrected chi connectivity index (χ3v) is 5.85. The van der Waals surface area contributed by atoms with E-state index in [1.165, 1.54) is 35.2 Å². The van der Waals surface area contributed by atoms with Crippen LogP contribution in [0, 0.1) is 11.6 Å². The Morgan fingerprint density at radius 1 is 1.27 bits per heavy atom. The van der Waals surface area contributed by atoms with Crippen LogP contribution in [0.4, 0.5) is 14.6 Å². The number of thioether (sulfide) groups is 1. The van der Waals surface area contributed by atoms with Crippen LogP contribution in [0.2, 0.25) is 0 Å². The number of fused-ring (bicyclic) bond motifs is 1. The lowest BCUT2D eigenvalue weighted by Gasteiger charge is -2.24. The van der Waals surface area contributed by atoms with E-state index < -0.39 is 17.2 Å². The molecular formula is C16H15BrF2N4OS2. The van der Waals surface area contributed by atoms with Crippen molar-refractivity contribution in [2.75, 3.05) is 11.9 Å². The molecule has 26 heavy (non-hydrogen) atoms. The van der Waals surface area contributed by atoms with E-state index in [1.807, 2.05) is 13.8 Å². The third kappa shape index (κ3) is 4.30. The number of benzene rings is 1. The largest absolute Gasteiger partial charge is 0.394 e. The van der Waals surface area contributed by atoms with Crippen molar-refractivity contribution in [1.29, 1.82) is 0 Å². The molecule has 0 aliphatic heterocycles. The van der Waals surface area contributed by atoms with Gasteiger partial charge in [0.2, 0.25) is 0 Å². The Morgan fingerprint density at radius 2 is 2.04 bits per heavy atom. The Labute approximate surface area is 165 Å². The van der Waals surface area contributed by atoms with Gasteiger partial charge in [0.05, 0.1) is 12.1 Å². The Balaban J connectivity index is 1.92. The minimum atomic E-state index is -0.880. The number of aliphatic hydroxyl groups excluding tert-OH is 1. The summed E-state index contributed by atoms with van der Waals surface area (Å²) >= 11 is 5.90. The van der Waals surface area contributed by atoms with Crippen molar-refractivity contribution in [2.45, 2.75) is 30.3 Å². The monoisotopic (exact) mass is 460 g/mol. The molecule has 2 N–H and O–H groups in total.